The first-order chi connectivity index (χ1) is 6.61. The first-order valence-electron chi connectivity index (χ1n) is 3.72. The van der Waals surface area contributed by atoms with Gasteiger partial charge >= 0.3 is 11.9 Å². The molecule has 5 nitrogen and oxygen atoms in total. The van der Waals surface area contributed by atoms with E-state index in [9.17, 15) is 14.9 Å². The van der Waals surface area contributed by atoms with Crippen molar-refractivity contribution in [2.24, 2.45) is 0 Å². The summed E-state index contributed by atoms with van der Waals surface area (Å²) in [4.78, 5) is 20.4. The maximum absolute atomic E-state index is 11.2. The third kappa shape index (κ3) is 2.41. The lowest BCUT2D eigenvalue weighted by Gasteiger charge is -1.99. The van der Waals surface area contributed by atoms with Crippen LogP contribution in [0, 0.1) is 10.1 Å². The average molecular weight is 193 g/mol. The monoisotopic (exact) mass is 193 g/mol. The quantitative estimate of drug-likeness (QED) is 0.316. The number of hydrogen-bond donors (Lipinski definition) is 0. The number of carbonyl (C=O) groups excluding carboxylic acids is 1. The van der Waals surface area contributed by atoms with Crippen LogP contribution in [0.25, 0.3) is 0 Å². The van der Waals surface area contributed by atoms with Gasteiger partial charge in [-0.15, -0.1) is 0 Å². The Hall–Kier alpha value is -2.17. The second-order valence-electron chi connectivity index (χ2n) is 2.41. The first-order valence-corrected chi connectivity index (χ1v) is 3.72. The minimum absolute atomic E-state index is 0.246. The van der Waals surface area contributed by atoms with E-state index in [1.807, 2.05) is 0 Å². The molecule has 0 heterocycles. The number of benzene rings is 1. The summed E-state index contributed by atoms with van der Waals surface area (Å²) < 4.78 is 4.37. The predicted molar refractivity (Wildman–Crippen MR) is 48.0 cm³/mol. The molecule has 0 aliphatic heterocycles. The number of ether oxygens (including phenoxy) is 1. The molecule has 0 unspecified atom stereocenters. The molecule has 0 amide bonds. The fraction of sp³-hybridized carbons (Fsp3) is 0. The average Bonchev–Trinajstić information content (AvgIpc) is 2.19. The van der Waals surface area contributed by atoms with E-state index in [4.69, 9.17) is 0 Å². The summed E-state index contributed by atoms with van der Waals surface area (Å²) in [5.74, 6) is -1.56. The lowest BCUT2D eigenvalue weighted by Crippen LogP contribution is -2.09. The van der Waals surface area contributed by atoms with Crippen molar-refractivity contribution in [2.45, 2.75) is 0 Å². The molecule has 0 saturated heterocycles. The van der Waals surface area contributed by atoms with Crippen molar-refractivity contribution in [2.75, 3.05) is 0 Å². The molecule has 0 atom stereocenters. The van der Waals surface area contributed by atoms with Gasteiger partial charge in [0.1, 0.15) is 4.92 Å². The Morgan fingerprint density at radius 2 is 1.93 bits per heavy atom. The van der Waals surface area contributed by atoms with Gasteiger partial charge in [-0.1, -0.05) is 18.2 Å². The van der Waals surface area contributed by atoms with Crippen LogP contribution in [-0.4, -0.2) is 10.9 Å². The molecule has 14 heavy (non-hydrogen) atoms. The minimum atomic E-state index is -0.860. The molecule has 0 spiro atoms. The van der Waals surface area contributed by atoms with Crippen molar-refractivity contribution in [1.29, 1.82) is 0 Å². The second kappa shape index (κ2) is 4.18. The van der Waals surface area contributed by atoms with Crippen molar-refractivity contribution in [3.05, 3.63) is 58.5 Å². The molecule has 0 fully saturated rings. The van der Waals surface area contributed by atoms with Gasteiger partial charge in [-0.25, -0.2) is 4.79 Å². The molecule has 0 aliphatic carbocycles. The van der Waals surface area contributed by atoms with E-state index in [1.54, 1.807) is 18.2 Å². The molecule has 0 N–H and O–H groups in total. The zero-order valence-electron chi connectivity index (χ0n) is 7.17. The van der Waals surface area contributed by atoms with Crippen LogP contribution < -0.4 is 0 Å². The molecule has 72 valence electrons. The van der Waals surface area contributed by atoms with Crippen LogP contribution in [0.3, 0.4) is 0 Å². The molecule has 0 aliphatic rings. The Labute approximate surface area is 79.8 Å². The van der Waals surface area contributed by atoms with Crippen LogP contribution in [0.4, 0.5) is 0 Å². The normalized spacial score (nSPS) is 9.14. The molecule has 0 saturated carbocycles. The van der Waals surface area contributed by atoms with Crippen molar-refractivity contribution < 1.29 is 14.5 Å². The van der Waals surface area contributed by atoms with Gasteiger partial charge in [0.2, 0.25) is 0 Å². The maximum Gasteiger partial charge on any atom is 0.428 e. The summed E-state index contributed by atoms with van der Waals surface area (Å²) in [5.41, 5.74) is 0.246. The Bertz CT molecular complexity index is 372. The summed E-state index contributed by atoms with van der Waals surface area (Å²) in [7, 11) is 0. The zero-order chi connectivity index (χ0) is 10.6. The standard InChI is InChI=1S/C9H7NO4/c1-7(10(12)13)14-9(11)8-5-3-2-4-6-8/h2-6H,1H2. The number of hydrogen-bond acceptors (Lipinski definition) is 4. The van der Waals surface area contributed by atoms with Gasteiger partial charge in [0.25, 0.3) is 0 Å². The SMILES string of the molecule is C=C(OC(=O)c1ccccc1)[N+](=O)[O-]. The van der Waals surface area contributed by atoms with Gasteiger partial charge < -0.3 is 4.74 Å². The smallest absolute Gasteiger partial charge is 0.363 e. The van der Waals surface area contributed by atoms with Gasteiger partial charge in [0, 0.05) is 6.58 Å². The summed E-state index contributed by atoms with van der Waals surface area (Å²) >= 11 is 0. The van der Waals surface area contributed by atoms with E-state index in [0.717, 1.165) is 0 Å². The van der Waals surface area contributed by atoms with E-state index in [2.05, 4.69) is 11.3 Å². The van der Waals surface area contributed by atoms with Crippen LogP contribution in [0.1, 0.15) is 10.4 Å². The largest absolute Gasteiger partial charge is 0.428 e. The lowest BCUT2D eigenvalue weighted by molar-refractivity contribution is -0.456. The van der Waals surface area contributed by atoms with Gasteiger partial charge in [-0.3, -0.25) is 10.1 Å². The second-order valence-corrected chi connectivity index (χ2v) is 2.41. The Balaban J connectivity index is 2.69. The van der Waals surface area contributed by atoms with E-state index in [0.29, 0.717) is 0 Å². The molecular weight excluding hydrogens is 186 g/mol. The summed E-state index contributed by atoms with van der Waals surface area (Å²) in [6, 6.07) is 7.97. The molecule has 1 aromatic carbocycles. The number of rotatable bonds is 3. The highest BCUT2D eigenvalue weighted by molar-refractivity contribution is 5.89. The molecule has 5 heteroatoms. The van der Waals surface area contributed by atoms with Gasteiger partial charge in [0.05, 0.1) is 5.56 Å². The summed E-state index contributed by atoms with van der Waals surface area (Å²) in [6.07, 6.45) is 0. The fourth-order valence-electron chi connectivity index (χ4n) is 0.777. The van der Waals surface area contributed by atoms with E-state index in [1.165, 1.54) is 12.1 Å². The summed E-state index contributed by atoms with van der Waals surface area (Å²) in [6.45, 7) is 2.98. The topological polar surface area (TPSA) is 69.4 Å². The van der Waals surface area contributed by atoms with Crippen LogP contribution in [0.2, 0.25) is 0 Å². The number of nitro groups is 1. The third-order valence-electron chi connectivity index (χ3n) is 1.42. The van der Waals surface area contributed by atoms with Crippen LogP contribution in [0.15, 0.2) is 42.8 Å². The van der Waals surface area contributed by atoms with Crippen molar-refractivity contribution >= 4 is 5.97 Å². The number of nitrogens with zero attached hydrogens (tertiary/aromatic N) is 1. The van der Waals surface area contributed by atoms with E-state index >= 15 is 0 Å². The van der Waals surface area contributed by atoms with Gasteiger partial charge in [0.15, 0.2) is 0 Å². The van der Waals surface area contributed by atoms with Crippen LogP contribution in [-0.2, 0) is 4.74 Å². The molecule has 0 radical (unpaired) electrons. The van der Waals surface area contributed by atoms with E-state index in [-0.39, 0.29) is 5.56 Å². The third-order valence-corrected chi connectivity index (χ3v) is 1.42. The molecule has 0 aromatic heterocycles. The highest BCUT2D eigenvalue weighted by Gasteiger charge is 2.15. The van der Waals surface area contributed by atoms with Crippen molar-refractivity contribution in [3.8, 4) is 0 Å². The Morgan fingerprint density at radius 1 is 1.36 bits per heavy atom. The minimum Gasteiger partial charge on any atom is -0.363 e. The Kier molecular flexibility index (Phi) is 2.96. The molecule has 1 rings (SSSR count). The van der Waals surface area contributed by atoms with Crippen molar-refractivity contribution in [1.82, 2.24) is 0 Å². The van der Waals surface area contributed by atoms with E-state index < -0.39 is 16.8 Å². The lowest BCUT2D eigenvalue weighted by atomic mass is 10.2. The zero-order valence-corrected chi connectivity index (χ0v) is 7.17. The van der Waals surface area contributed by atoms with Gasteiger partial charge in [-0.2, -0.15) is 0 Å². The molecular formula is C9H7NO4. The molecule has 1 aromatic rings. The first kappa shape index (κ1) is 9.91. The highest BCUT2D eigenvalue weighted by atomic mass is 16.7. The molecule has 0 bridgehead atoms. The van der Waals surface area contributed by atoms with Crippen LogP contribution in [0.5, 0.6) is 0 Å². The number of carbonyl (C=O) groups is 1. The fourth-order valence-corrected chi connectivity index (χ4v) is 0.777. The number of esters is 1. The highest BCUT2D eigenvalue weighted by Crippen LogP contribution is 2.04. The predicted octanol–water partition coefficient (Wildman–Crippen LogP) is 1.59. The maximum atomic E-state index is 11.2. The van der Waals surface area contributed by atoms with Crippen molar-refractivity contribution in [3.63, 3.8) is 0 Å². The van der Waals surface area contributed by atoms with Gasteiger partial charge in [-0.05, 0) is 12.1 Å². The summed E-state index contributed by atoms with van der Waals surface area (Å²) in [5, 5.41) is 10.1. The Morgan fingerprint density at radius 3 is 2.43 bits per heavy atom. The van der Waals surface area contributed by atoms with Crippen LogP contribution >= 0.6 is 0 Å².